The Bertz CT molecular complexity index is 498. The average molecular weight is 298 g/mol. The fourth-order valence-corrected chi connectivity index (χ4v) is 2.00. The number of esters is 1. The van der Waals surface area contributed by atoms with E-state index < -0.39 is 4.92 Å². The number of hydrogen-bond acceptors (Lipinski definition) is 6. The zero-order valence-corrected chi connectivity index (χ0v) is 12.9. The van der Waals surface area contributed by atoms with E-state index in [1.165, 1.54) is 6.20 Å². The van der Waals surface area contributed by atoms with Gasteiger partial charge in [-0.2, -0.15) is 0 Å². The highest BCUT2D eigenvalue weighted by atomic mass is 16.6. The second kappa shape index (κ2) is 7.72. The molecular formula is C13H22N4O4. The van der Waals surface area contributed by atoms with Crippen molar-refractivity contribution < 1.29 is 14.5 Å². The molecule has 1 rings (SSSR count). The molecule has 0 aromatic carbocycles. The number of carbonyl (C=O) groups is 1. The fraction of sp³-hybridized carbons (Fsp3) is 0.692. The largest absolute Gasteiger partial charge is 0.465 e. The molecular weight excluding hydrogens is 276 g/mol. The minimum Gasteiger partial charge on any atom is -0.465 e. The van der Waals surface area contributed by atoms with Crippen LogP contribution in [0.5, 0.6) is 0 Å². The van der Waals surface area contributed by atoms with Crippen LogP contribution < -0.4 is 0 Å². The molecule has 0 saturated heterocycles. The quantitative estimate of drug-likeness (QED) is 0.409. The summed E-state index contributed by atoms with van der Waals surface area (Å²) in [7, 11) is 0. The number of carbonyl (C=O) groups excluding carboxylic acids is 1. The lowest BCUT2D eigenvalue weighted by Crippen LogP contribution is -2.38. The van der Waals surface area contributed by atoms with E-state index in [1.807, 2.05) is 18.7 Å². The average Bonchev–Trinajstić information content (AvgIpc) is 2.76. The van der Waals surface area contributed by atoms with E-state index in [9.17, 15) is 14.9 Å². The highest BCUT2D eigenvalue weighted by Gasteiger charge is 2.20. The van der Waals surface area contributed by atoms with Crippen molar-refractivity contribution in [3.8, 4) is 0 Å². The van der Waals surface area contributed by atoms with E-state index in [1.54, 1.807) is 18.4 Å². The molecule has 0 fully saturated rings. The predicted molar refractivity (Wildman–Crippen MR) is 77.0 cm³/mol. The lowest BCUT2D eigenvalue weighted by atomic mass is 10.3. The van der Waals surface area contributed by atoms with Crippen molar-refractivity contribution in [2.45, 2.75) is 40.3 Å². The Morgan fingerprint density at radius 1 is 1.57 bits per heavy atom. The van der Waals surface area contributed by atoms with E-state index in [0.717, 1.165) is 0 Å². The van der Waals surface area contributed by atoms with Crippen molar-refractivity contribution in [1.29, 1.82) is 0 Å². The van der Waals surface area contributed by atoms with Crippen LogP contribution in [0.4, 0.5) is 5.82 Å². The molecule has 1 aromatic rings. The summed E-state index contributed by atoms with van der Waals surface area (Å²) in [4.78, 5) is 27.9. The molecule has 0 bridgehead atoms. The van der Waals surface area contributed by atoms with Crippen molar-refractivity contribution >= 4 is 11.8 Å². The number of nitrogens with zero attached hydrogens (tertiary/aromatic N) is 4. The Morgan fingerprint density at radius 2 is 2.24 bits per heavy atom. The minimum atomic E-state index is -0.453. The molecule has 8 heteroatoms. The summed E-state index contributed by atoms with van der Waals surface area (Å²) < 4.78 is 6.48. The molecule has 0 aliphatic rings. The van der Waals surface area contributed by atoms with Crippen LogP contribution in [-0.2, 0) is 16.1 Å². The van der Waals surface area contributed by atoms with Gasteiger partial charge in [-0.15, -0.1) is 0 Å². The number of imidazole rings is 1. The summed E-state index contributed by atoms with van der Waals surface area (Å²) in [5.74, 6) is 0.261. The predicted octanol–water partition coefficient (Wildman–Crippen LogP) is 1.37. The van der Waals surface area contributed by atoms with Crippen LogP contribution in [0, 0.1) is 17.0 Å². The van der Waals surface area contributed by atoms with Crippen molar-refractivity contribution in [3.05, 3.63) is 22.1 Å². The molecule has 0 aliphatic carbocycles. The van der Waals surface area contributed by atoms with Gasteiger partial charge in [-0.25, -0.2) is 9.55 Å². The van der Waals surface area contributed by atoms with Gasteiger partial charge < -0.3 is 14.9 Å². The number of ether oxygens (including phenoxy) is 1. The molecule has 0 radical (unpaired) electrons. The van der Waals surface area contributed by atoms with Gasteiger partial charge in [0.1, 0.15) is 12.7 Å². The van der Waals surface area contributed by atoms with E-state index in [4.69, 9.17) is 4.74 Å². The maximum atomic E-state index is 11.6. The summed E-state index contributed by atoms with van der Waals surface area (Å²) in [6.07, 6.45) is 1.25. The lowest BCUT2D eigenvalue weighted by Gasteiger charge is -2.24. The summed E-state index contributed by atoms with van der Waals surface area (Å²) in [6, 6.07) is 0.136. The second-order valence-electron chi connectivity index (χ2n) is 4.94. The van der Waals surface area contributed by atoms with Gasteiger partial charge in [0.15, 0.2) is 5.82 Å². The summed E-state index contributed by atoms with van der Waals surface area (Å²) in [6.45, 7) is 8.84. The van der Waals surface area contributed by atoms with Crippen LogP contribution in [0.15, 0.2) is 6.20 Å². The van der Waals surface area contributed by atoms with Gasteiger partial charge in [-0.1, -0.05) is 0 Å². The first-order valence-electron chi connectivity index (χ1n) is 6.93. The van der Waals surface area contributed by atoms with Crippen molar-refractivity contribution in [1.82, 2.24) is 14.5 Å². The van der Waals surface area contributed by atoms with Gasteiger partial charge in [-0.05, 0) is 25.7 Å². The molecule has 1 aromatic heterocycles. The summed E-state index contributed by atoms with van der Waals surface area (Å²) >= 11 is 0. The molecule has 0 unspecified atom stereocenters. The number of aryl methyl sites for hydroxylation is 1. The molecule has 0 atom stereocenters. The van der Waals surface area contributed by atoms with Gasteiger partial charge in [0.2, 0.25) is 0 Å². The van der Waals surface area contributed by atoms with E-state index in [-0.39, 0.29) is 24.4 Å². The molecule has 0 aliphatic heterocycles. The first kappa shape index (κ1) is 17.1. The third-order valence-electron chi connectivity index (χ3n) is 3.20. The molecule has 0 saturated carbocycles. The van der Waals surface area contributed by atoms with Crippen molar-refractivity contribution in [2.75, 3.05) is 19.7 Å². The van der Waals surface area contributed by atoms with Crippen LogP contribution in [0.3, 0.4) is 0 Å². The maximum Gasteiger partial charge on any atom is 0.342 e. The molecule has 0 N–H and O–H groups in total. The van der Waals surface area contributed by atoms with Crippen LogP contribution in [0.25, 0.3) is 0 Å². The SMILES string of the molecule is CCOC(=O)CN(CCn1c([N+](=O)[O-])cnc1C)C(C)C. The molecule has 8 nitrogen and oxygen atoms in total. The number of rotatable bonds is 8. The maximum absolute atomic E-state index is 11.6. The van der Waals surface area contributed by atoms with E-state index >= 15 is 0 Å². The number of hydrogen-bond donors (Lipinski definition) is 0. The van der Waals surface area contributed by atoms with E-state index in [0.29, 0.717) is 25.5 Å². The monoisotopic (exact) mass is 298 g/mol. The first-order chi connectivity index (χ1) is 9.86. The molecule has 0 spiro atoms. The lowest BCUT2D eigenvalue weighted by molar-refractivity contribution is -0.392. The van der Waals surface area contributed by atoms with Gasteiger partial charge in [0, 0.05) is 19.5 Å². The van der Waals surface area contributed by atoms with Crippen LogP contribution in [0.2, 0.25) is 0 Å². The normalized spacial score (nSPS) is 11.1. The Hall–Kier alpha value is -1.96. The van der Waals surface area contributed by atoms with Crippen molar-refractivity contribution in [3.63, 3.8) is 0 Å². The van der Waals surface area contributed by atoms with Gasteiger partial charge in [0.25, 0.3) is 0 Å². The third-order valence-corrected chi connectivity index (χ3v) is 3.20. The van der Waals surface area contributed by atoms with Gasteiger partial charge >= 0.3 is 11.8 Å². The summed E-state index contributed by atoms with van der Waals surface area (Å²) in [5.41, 5.74) is 0. The molecule has 21 heavy (non-hydrogen) atoms. The molecule has 1 heterocycles. The number of aromatic nitrogens is 2. The van der Waals surface area contributed by atoms with Gasteiger partial charge in [-0.3, -0.25) is 9.69 Å². The zero-order chi connectivity index (χ0) is 16.0. The minimum absolute atomic E-state index is 0.0349. The summed E-state index contributed by atoms with van der Waals surface area (Å²) in [5, 5.41) is 10.9. The fourth-order valence-electron chi connectivity index (χ4n) is 2.00. The Morgan fingerprint density at radius 3 is 2.76 bits per heavy atom. The second-order valence-corrected chi connectivity index (χ2v) is 4.94. The van der Waals surface area contributed by atoms with Crippen molar-refractivity contribution in [2.24, 2.45) is 0 Å². The highest BCUT2D eigenvalue weighted by Crippen LogP contribution is 2.13. The van der Waals surface area contributed by atoms with Crippen LogP contribution >= 0.6 is 0 Å². The Kier molecular flexibility index (Phi) is 6.29. The van der Waals surface area contributed by atoms with E-state index in [2.05, 4.69) is 4.98 Å². The van der Waals surface area contributed by atoms with Crippen LogP contribution in [0.1, 0.15) is 26.6 Å². The smallest absolute Gasteiger partial charge is 0.342 e. The Balaban J connectivity index is 2.72. The Labute approximate surface area is 123 Å². The number of nitro groups is 1. The molecule has 0 amide bonds. The first-order valence-corrected chi connectivity index (χ1v) is 6.93. The zero-order valence-electron chi connectivity index (χ0n) is 12.9. The third kappa shape index (κ3) is 4.82. The molecule has 118 valence electrons. The topological polar surface area (TPSA) is 90.5 Å². The van der Waals surface area contributed by atoms with Gasteiger partial charge in [0.05, 0.1) is 13.2 Å². The standard InChI is InChI=1S/C13H22N4O4/c1-5-21-13(18)9-15(10(2)3)6-7-16-11(4)14-8-12(16)17(19)20/h8,10H,5-7,9H2,1-4H3. The highest BCUT2D eigenvalue weighted by molar-refractivity contribution is 5.71. The van der Waals surface area contributed by atoms with Crippen LogP contribution in [-0.4, -0.2) is 51.1 Å².